The van der Waals surface area contributed by atoms with E-state index in [1.807, 2.05) is 48.3 Å². The van der Waals surface area contributed by atoms with Gasteiger partial charge in [-0.1, -0.05) is 19.9 Å². The number of carbonyl (C=O) groups is 1. The molecule has 0 spiro atoms. The summed E-state index contributed by atoms with van der Waals surface area (Å²) in [5.41, 5.74) is 1.71. The topological polar surface area (TPSA) is 46.9 Å². The average molecular weight is 271 g/mol. The molecule has 2 aromatic heterocycles. The number of hydrogen-bond acceptors (Lipinski definition) is 2. The van der Waals surface area contributed by atoms with Crippen molar-refractivity contribution in [3.05, 3.63) is 54.1 Å². The molecule has 2 rings (SSSR count). The fourth-order valence-electron chi connectivity index (χ4n) is 2.26. The Morgan fingerprint density at radius 3 is 2.70 bits per heavy atom. The molecule has 1 unspecified atom stereocenters. The van der Waals surface area contributed by atoms with E-state index in [2.05, 4.69) is 24.1 Å². The van der Waals surface area contributed by atoms with Gasteiger partial charge in [0.15, 0.2) is 0 Å². The first-order chi connectivity index (χ1) is 9.58. The van der Waals surface area contributed by atoms with Gasteiger partial charge in [0.25, 0.3) is 5.91 Å². The van der Waals surface area contributed by atoms with Crippen molar-refractivity contribution in [1.82, 2.24) is 14.9 Å². The third-order valence-corrected chi connectivity index (χ3v) is 3.28. The third kappa shape index (κ3) is 3.47. The number of rotatable bonds is 5. The minimum atomic E-state index is -0.0491. The molecule has 0 saturated heterocycles. The Morgan fingerprint density at radius 1 is 1.35 bits per heavy atom. The number of carbonyl (C=O) groups excluding carboxylic acids is 1. The van der Waals surface area contributed by atoms with Gasteiger partial charge in [-0.25, -0.2) is 0 Å². The van der Waals surface area contributed by atoms with Crippen LogP contribution in [-0.4, -0.2) is 15.5 Å². The molecule has 1 amide bonds. The van der Waals surface area contributed by atoms with Gasteiger partial charge >= 0.3 is 0 Å². The Morgan fingerprint density at radius 2 is 2.15 bits per heavy atom. The molecule has 2 heterocycles. The summed E-state index contributed by atoms with van der Waals surface area (Å²) >= 11 is 0. The number of aryl methyl sites for hydroxylation is 1. The minimum Gasteiger partial charge on any atom is -0.347 e. The Labute approximate surface area is 119 Å². The van der Waals surface area contributed by atoms with Gasteiger partial charge in [-0.05, 0) is 36.1 Å². The molecule has 1 atom stereocenters. The van der Waals surface area contributed by atoms with Crippen molar-refractivity contribution in [2.45, 2.75) is 26.3 Å². The molecule has 0 aliphatic rings. The van der Waals surface area contributed by atoms with Crippen LogP contribution in [0.1, 0.15) is 42.4 Å². The van der Waals surface area contributed by atoms with Crippen LogP contribution in [0.4, 0.5) is 0 Å². The van der Waals surface area contributed by atoms with Crippen molar-refractivity contribution in [3.8, 4) is 0 Å². The quantitative estimate of drug-likeness (QED) is 0.909. The number of pyridine rings is 1. The highest BCUT2D eigenvalue weighted by Gasteiger charge is 2.18. The first kappa shape index (κ1) is 14.3. The zero-order chi connectivity index (χ0) is 14.5. The second kappa shape index (κ2) is 6.37. The van der Waals surface area contributed by atoms with Crippen molar-refractivity contribution < 1.29 is 4.79 Å². The predicted molar refractivity (Wildman–Crippen MR) is 79.3 cm³/mol. The molecule has 0 fully saturated rings. The van der Waals surface area contributed by atoms with Gasteiger partial charge in [-0.2, -0.15) is 0 Å². The first-order valence-electron chi connectivity index (χ1n) is 6.90. The summed E-state index contributed by atoms with van der Waals surface area (Å²) in [7, 11) is 1.87. The number of hydrogen-bond donors (Lipinski definition) is 1. The van der Waals surface area contributed by atoms with E-state index < -0.39 is 0 Å². The van der Waals surface area contributed by atoms with E-state index in [0.29, 0.717) is 11.6 Å². The van der Waals surface area contributed by atoms with Crippen LogP contribution in [0, 0.1) is 5.92 Å². The fraction of sp³-hybridized carbons (Fsp3) is 0.375. The van der Waals surface area contributed by atoms with Crippen molar-refractivity contribution in [2.24, 2.45) is 13.0 Å². The van der Waals surface area contributed by atoms with Crippen molar-refractivity contribution in [3.63, 3.8) is 0 Å². The zero-order valence-electron chi connectivity index (χ0n) is 12.2. The number of nitrogens with one attached hydrogen (secondary N) is 1. The number of nitrogens with zero attached hydrogens (tertiary/aromatic N) is 2. The highest BCUT2D eigenvalue weighted by molar-refractivity contribution is 5.92. The van der Waals surface area contributed by atoms with E-state index in [0.717, 1.165) is 12.0 Å². The molecule has 4 nitrogen and oxygen atoms in total. The van der Waals surface area contributed by atoms with E-state index in [9.17, 15) is 4.79 Å². The van der Waals surface area contributed by atoms with Crippen molar-refractivity contribution in [2.75, 3.05) is 0 Å². The van der Waals surface area contributed by atoms with Gasteiger partial charge in [0.2, 0.25) is 0 Å². The molecule has 0 saturated carbocycles. The van der Waals surface area contributed by atoms with Crippen LogP contribution < -0.4 is 5.32 Å². The number of amides is 1. The van der Waals surface area contributed by atoms with Crippen molar-refractivity contribution >= 4 is 5.91 Å². The van der Waals surface area contributed by atoms with Gasteiger partial charge in [0.05, 0.1) is 6.04 Å². The Balaban J connectivity index is 2.16. The number of aromatic nitrogens is 2. The summed E-state index contributed by atoms with van der Waals surface area (Å²) in [6, 6.07) is 7.59. The van der Waals surface area contributed by atoms with Gasteiger partial charge in [-0.15, -0.1) is 0 Å². The van der Waals surface area contributed by atoms with E-state index in [1.165, 1.54) is 0 Å². The second-order valence-electron chi connectivity index (χ2n) is 5.45. The van der Waals surface area contributed by atoms with E-state index in [4.69, 9.17) is 0 Å². The van der Waals surface area contributed by atoms with Gasteiger partial charge < -0.3 is 9.88 Å². The van der Waals surface area contributed by atoms with Crippen LogP contribution in [0.25, 0.3) is 0 Å². The standard InChI is InChI=1S/C16H21N3O/c1-12(2)10-14(13-6-4-8-17-11-13)18-16(20)15-7-5-9-19(15)3/h4-9,11-12,14H,10H2,1-3H3,(H,18,20). The van der Waals surface area contributed by atoms with Crippen LogP contribution in [-0.2, 0) is 7.05 Å². The molecule has 0 radical (unpaired) electrons. The largest absolute Gasteiger partial charge is 0.347 e. The maximum Gasteiger partial charge on any atom is 0.268 e. The first-order valence-corrected chi connectivity index (χ1v) is 6.90. The predicted octanol–water partition coefficient (Wildman–Crippen LogP) is 2.94. The lowest BCUT2D eigenvalue weighted by molar-refractivity contribution is 0.0923. The molecule has 106 valence electrons. The SMILES string of the molecule is CC(C)CC(NC(=O)c1cccn1C)c1cccnc1. The highest BCUT2D eigenvalue weighted by Crippen LogP contribution is 2.21. The molecule has 2 aromatic rings. The van der Waals surface area contributed by atoms with E-state index >= 15 is 0 Å². The second-order valence-corrected chi connectivity index (χ2v) is 5.45. The van der Waals surface area contributed by atoms with E-state index in [-0.39, 0.29) is 11.9 Å². The average Bonchev–Trinajstić information content (AvgIpc) is 2.85. The van der Waals surface area contributed by atoms with Gasteiger partial charge in [-0.3, -0.25) is 9.78 Å². The molecule has 0 aliphatic heterocycles. The maximum absolute atomic E-state index is 12.3. The van der Waals surface area contributed by atoms with Crippen LogP contribution in [0.5, 0.6) is 0 Å². The fourth-order valence-corrected chi connectivity index (χ4v) is 2.26. The molecule has 20 heavy (non-hydrogen) atoms. The normalized spacial score (nSPS) is 12.4. The summed E-state index contributed by atoms with van der Waals surface area (Å²) in [6.07, 6.45) is 6.32. The molecule has 0 aromatic carbocycles. The Kier molecular flexibility index (Phi) is 4.56. The van der Waals surface area contributed by atoms with Crippen LogP contribution >= 0.6 is 0 Å². The summed E-state index contributed by atoms with van der Waals surface area (Å²) in [5, 5.41) is 3.11. The van der Waals surface area contributed by atoms with E-state index in [1.54, 1.807) is 6.20 Å². The third-order valence-electron chi connectivity index (χ3n) is 3.28. The van der Waals surface area contributed by atoms with Crippen LogP contribution in [0.3, 0.4) is 0 Å². The van der Waals surface area contributed by atoms with Crippen LogP contribution in [0.15, 0.2) is 42.9 Å². The maximum atomic E-state index is 12.3. The molecule has 0 bridgehead atoms. The molecular formula is C16H21N3O. The smallest absolute Gasteiger partial charge is 0.268 e. The summed E-state index contributed by atoms with van der Waals surface area (Å²) < 4.78 is 1.82. The molecule has 4 heteroatoms. The minimum absolute atomic E-state index is 0.00824. The molecular weight excluding hydrogens is 250 g/mol. The highest BCUT2D eigenvalue weighted by atomic mass is 16.2. The Bertz CT molecular complexity index is 560. The molecule has 0 aliphatic carbocycles. The summed E-state index contributed by atoms with van der Waals surface area (Å²) in [5.74, 6) is 0.445. The monoisotopic (exact) mass is 271 g/mol. The lowest BCUT2D eigenvalue weighted by atomic mass is 9.98. The Hall–Kier alpha value is -2.10. The lowest BCUT2D eigenvalue weighted by Crippen LogP contribution is -2.30. The summed E-state index contributed by atoms with van der Waals surface area (Å²) in [6.45, 7) is 4.30. The molecule has 1 N–H and O–H groups in total. The zero-order valence-corrected chi connectivity index (χ0v) is 12.2. The lowest BCUT2D eigenvalue weighted by Gasteiger charge is -2.21. The van der Waals surface area contributed by atoms with Gasteiger partial charge in [0, 0.05) is 25.6 Å². The van der Waals surface area contributed by atoms with Crippen molar-refractivity contribution in [1.29, 1.82) is 0 Å². The van der Waals surface area contributed by atoms with Gasteiger partial charge in [0.1, 0.15) is 5.69 Å². The summed E-state index contributed by atoms with van der Waals surface area (Å²) in [4.78, 5) is 16.5. The van der Waals surface area contributed by atoms with Crippen LogP contribution in [0.2, 0.25) is 0 Å².